The summed E-state index contributed by atoms with van der Waals surface area (Å²) in [6, 6.07) is 0. The topological polar surface area (TPSA) is 17.1 Å². The van der Waals surface area contributed by atoms with Crippen LogP contribution in [-0.4, -0.2) is 12.0 Å². The Kier molecular flexibility index (Phi) is 1.32. The first kappa shape index (κ1) is 5.73. The molecule has 0 aliphatic heterocycles. The zero-order valence-electron chi connectivity index (χ0n) is 4.86. The third kappa shape index (κ3) is 1.05. The van der Waals surface area contributed by atoms with Gasteiger partial charge < -0.3 is 0 Å². The van der Waals surface area contributed by atoms with Gasteiger partial charge in [0.2, 0.25) is 0 Å². The molecule has 8 heavy (non-hydrogen) atoms. The SMILES string of the molecule is CC(=O)C(F)C1CC1. The molecular formula is C6H9FO. The van der Waals surface area contributed by atoms with Gasteiger partial charge >= 0.3 is 0 Å². The molecule has 1 unspecified atom stereocenters. The number of carbonyl (C=O) groups excluding carboxylic acids is 1. The molecule has 0 heterocycles. The predicted molar refractivity (Wildman–Crippen MR) is 28.3 cm³/mol. The molecule has 0 spiro atoms. The normalized spacial score (nSPS) is 22.8. The van der Waals surface area contributed by atoms with Crippen LogP contribution in [-0.2, 0) is 4.79 Å². The van der Waals surface area contributed by atoms with Gasteiger partial charge in [-0.25, -0.2) is 4.39 Å². The van der Waals surface area contributed by atoms with E-state index in [2.05, 4.69) is 0 Å². The Morgan fingerprint density at radius 1 is 1.75 bits per heavy atom. The molecule has 0 aromatic heterocycles. The van der Waals surface area contributed by atoms with E-state index in [-0.39, 0.29) is 11.7 Å². The molecule has 0 radical (unpaired) electrons. The highest BCUT2D eigenvalue weighted by atomic mass is 19.1. The quantitative estimate of drug-likeness (QED) is 0.531. The maximum absolute atomic E-state index is 12.4. The summed E-state index contributed by atoms with van der Waals surface area (Å²) in [7, 11) is 0. The molecule has 0 aromatic rings. The summed E-state index contributed by atoms with van der Waals surface area (Å²) in [4.78, 5) is 10.3. The van der Waals surface area contributed by atoms with Crippen LogP contribution in [0.15, 0.2) is 0 Å². The van der Waals surface area contributed by atoms with Crippen LogP contribution in [0.2, 0.25) is 0 Å². The number of ketones is 1. The maximum atomic E-state index is 12.4. The Morgan fingerprint density at radius 2 is 2.25 bits per heavy atom. The van der Waals surface area contributed by atoms with E-state index in [1.54, 1.807) is 0 Å². The predicted octanol–water partition coefficient (Wildman–Crippen LogP) is 1.32. The summed E-state index contributed by atoms with van der Waals surface area (Å²) in [5.74, 6) is -0.236. The zero-order chi connectivity index (χ0) is 6.15. The average molecular weight is 116 g/mol. The highest BCUT2D eigenvalue weighted by molar-refractivity contribution is 5.80. The van der Waals surface area contributed by atoms with Gasteiger partial charge in [-0.2, -0.15) is 0 Å². The second-order valence-corrected chi connectivity index (χ2v) is 2.35. The van der Waals surface area contributed by atoms with Crippen molar-refractivity contribution >= 4 is 5.78 Å². The van der Waals surface area contributed by atoms with Gasteiger partial charge in [0, 0.05) is 0 Å². The minimum Gasteiger partial charge on any atom is -0.297 e. The molecule has 1 atom stereocenters. The summed E-state index contributed by atoms with van der Waals surface area (Å²) in [6.07, 6.45) is 0.650. The van der Waals surface area contributed by atoms with Crippen molar-refractivity contribution in [1.82, 2.24) is 0 Å². The van der Waals surface area contributed by atoms with Gasteiger partial charge in [-0.05, 0) is 25.7 Å². The molecule has 1 aliphatic rings. The van der Waals surface area contributed by atoms with Crippen LogP contribution in [0.1, 0.15) is 19.8 Å². The Balaban J connectivity index is 2.32. The van der Waals surface area contributed by atoms with Crippen molar-refractivity contribution in [3.05, 3.63) is 0 Å². The van der Waals surface area contributed by atoms with E-state index < -0.39 is 6.17 Å². The highest BCUT2D eigenvalue weighted by Gasteiger charge is 2.33. The van der Waals surface area contributed by atoms with Crippen LogP contribution >= 0.6 is 0 Å². The molecule has 46 valence electrons. The van der Waals surface area contributed by atoms with Crippen LogP contribution in [0.4, 0.5) is 4.39 Å². The number of rotatable bonds is 2. The van der Waals surface area contributed by atoms with Gasteiger partial charge in [0.25, 0.3) is 0 Å². The van der Waals surface area contributed by atoms with Crippen molar-refractivity contribution in [2.75, 3.05) is 0 Å². The van der Waals surface area contributed by atoms with E-state index in [0.717, 1.165) is 12.8 Å². The summed E-state index contributed by atoms with van der Waals surface area (Å²) in [5, 5.41) is 0. The number of alkyl halides is 1. The molecule has 0 bridgehead atoms. The molecule has 1 fully saturated rings. The van der Waals surface area contributed by atoms with Crippen LogP contribution < -0.4 is 0 Å². The molecule has 1 nitrogen and oxygen atoms in total. The van der Waals surface area contributed by atoms with Crippen LogP contribution in [0.25, 0.3) is 0 Å². The fourth-order valence-corrected chi connectivity index (χ4v) is 0.721. The Labute approximate surface area is 47.9 Å². The fourth-order valence-electron chi connectivity index (χ4n) is 0.721. The molecule has 1 saturated carbocycles. The molecule has 0 saturated heterocycles. The summed E-state index contributed by atoms with van der Waals surface area (Å²) in [6.45, 7) is 1.31. The number of carbonyl (C=O) groups is 1. The van der Waals surface area contributed by atoms with E-state index in [4.69, 9.17) is 0 Å². The van der Waals surface area contributed by atoms with Crippen molar-refractivity contribution in [2.24, 2.45) is 5.92 Å². The van der Waals surface area contributed by atoms with E-state index in [0.29, 0.717) is 0 Å². The van der Waals surface area contributed by atoms with Crippen molar-refractivity contribution in [3.63, 3.8) is 0 Å². The van der Waals surface area contributed by atoms with Gasteiger partial charge in [0.15, 0.2) is 12.0 Å². The van der Waals surface area contributed by atoms with Crippen LogP contribution in [0.5, 0.6) is 0 Å². The first-order chi connectivity index (χ1) is 3.72. The third-order valence-corrected chi connectivity index (χ3v) is 1.42. The average Bonchev–Trinajstić information content (AvgIpc) is 2.43. The summed E-state index contributed by atoms with van der Waals surface area (Å²) < 4.78 is 12.4. The van der Waals surface area contributed by atoms with Gasteiger partial charge in [-0.15, -0.1) is 0 Å². The van der Waals surface area contributed by atoms with Crippen molar-refractivity contribution in [3.8, 4) is 0 Å². The Hall–Kier alpha value is -0.400. The molecule has 1 aliphatic carbocycles. The first-order valence-electron chi connectivity index (χ1n) is 2.86. The molecular weight excluding hydrogens is 107 g/mol. The molecule has 0 amide bonds. The van der Waals surface area contributed by atoms with E-state index in [1.807, 2.05) is 0 Å². The fraction of sp³-hybridized carbons (Fsp3) is 0.833. The second kappa shape index (κ2) is 1.84. The van der Waals surface area contributed by atoms with E-state index in [9.17, 15) is 9.18 Å². The van der Waals surface area contributed by atoms with Gasteiger partial charge in [-0.3, -0.25) is 4.79 Å². The minimum atomic E-state index is -1.16. The lowest BCUT2D eigenvalue weighted by molar-refractivity contribution is -0.122. The Bertz CT molecular complexity index is 107. The lowest BCUT2D eigenvalue weighted by Crippen LogP contribution is -2.12. The maximum Gasteiger partial charge on any atom is 0.164 e. The number of halogens is 1. The lowest BCUT2D eigenvalue weighted by Gasteiger charge is -1.96. The summed E-state index contributed by atoms with van der Waals surface area (Å²) in [5.41, 5.74) is 0. The van der Waals surface area contributed by atoms with Gasteiger partial charge in [0.1, 0.15) is 0 Å². The third-order valence-electron chi connectivity index (χ3n) is 1.42. The molecule has 0 N–H and O–H groups in total. The van der Waals surface area contributed by atoms with Crippen LogP contribution in [0, 0.1) is 5.92 Å². The van der Waals surface area contributed by atoms with Crippen LogP contribution in [0.3, 0.4) is 0 Å². The number of hydrogen-bond donors (Lipinski definition) is 0. The summed E-state index contributed by atoms with van der Waals surface area (Å²) >= 11 is 0. The number of Topliss-reactive ketones (excluding diaryl/α,β-unsaturated/α-hetero) is 1. The molecule has 1 rings (SSSR count). The standard InChI is InChI=1S/C6H9FO/c1-4(8)6(7)5-2-3-5/h5-6H,2-3H2,1H3. The molecule has 2 heteroatoms. The smallest absolute Gasteiger partial charge is 0.164 e. The molecule has 0 aromatic carbocycles. The zero-order valence-corrected chi connectivity index (χ0v) is 4.86. The second-order valence-electron chi connectivity index (χ2n) is 2.35. The van der Waals surface area contributed by atoms with Gasteiger partial charge in [0.05, 0.1) is 0 Å². The number of hydrogen-bond acceptors (Lipinski definition) is 1. The van der Waals surface area contributed by atoms with Crippen molar-refractivity contribution < 1.29 is 9.18 Å². The largest absolute Gasteiger partial charge is 0.297 e. The van der Waals surface area contributed by atoms with E-state index >= 15 is 0 Å². The monoisotopic (exact) mass is 116 g/mol. The highest BCUT2D eigenvalue weighted by Crippen LogP contribution is 2.34. The Morgan fingerprint density at radius 3 is 2.38 bits per heavy atom. The van der Waals surface area contributed by atoms with Gasteiger partial charge in [-0.1, -0.05) is 0 Å². The minimum absolute atomic E-state index is 0.0764. The van der Waals surface area contributed by atoms with Crippen molar-refractivity contribution in [2.45, 2.75) is 25.9 Å². The lowest BCUT2D eigenvalue weighted by atomic mass is 10.2. The first-order valence-corrected chi connectivity index (χ1v) is 2.86. The van der Waals surface area contributed by atoms with E-state index in [1.165, 1.54) is 6.92 Å². The van der Waals surface area contributed by atoms with Crippen molar-refractivity contribution in [1.29, 1.82) is 0 Å².